The molecule has 7 nitrogen and oxygen atoms in total. The number of hydrogen-bond acceptors (Lipinski definition) is 5. The van der Waals surface area contributed by atoms with Gasteiger partial charge in [-0.15, -0.1) is 0 Å². The smallest absolute Gasteiger partial charge is 0.325 e. The molecule has 0 radical (unpaired) electrons. The molecule has 10 heteroatoms. The summed E-state index contributed by atoms with van der Waals surface area (Å²) >= 11 is 17.6. The molecule has 4 rings (SSSR count). The molecule has 0 spiro atoms. The number of nitrogens with one attached hydrogen (secondary N) is 1. The van der Waals surface area contributed by atoms with Crippen molar-refractivity contribution < 1.29 is 19.1 Å². The van der Waals surface area contributed by atoms with E-state index in [4.69, 9.17) is 40.2 Å². The topological polar surface area (TPSA) is 80.6 Å². The Morgan fingerprint density at radius 1 is 1.16 bits per heavy atom. The van der Waals surface area contributed by atoms with Crippen LogP contribution < -0.4 is 10.2 Å². The second-order valence-electron chi connectivity index (χ2n) is 6.84. The lowest BCUT2D eigenvalue weighted by Gasteiger charge is -2.29. The Morgan fingerprint density at radius 2 is 1.91 bits per heavy atom. The van der Waals surface area contributed by atoms with Crippen molar-refractivity contribution in [1.29, 1.82) is 0 Å². The Morgan fingerprint density at radius 3 is 2.66 bits per heavy atom. The van der Waals surface area contributed by atoms with E-state index in [2.05, 4.69) is 5.32 Å². The molecule has 1 aliphatic heterocycles. The lowest BCUT2D eigenvalue weighted by Crippen LogP contribution is -2.54. The molecule has 0 aliphatic carbocycles. The van der Waals surface area contributed by atoms with Crippen LogP contribution in [0.15, 0.2) is 54.2 Å². The first-order valence-corrected chi connectivity index (χ1v) is 10.5. The number of aromatic nitrogens is 1. The van der Waals surface area contributed by atoms with Gasteiger partial charge in [0.25, 0.3) is 11.8 Å². The van der Waals surface area contributed by atoms with Crippen LogP contribution in [0, 0.1) is 0 Å². The van der Waals surface area contributed by atoms with Crippen LogP contribution in [0.1, 0.15) is 5.56 Å². The van der Waals surface area contributed by atoms with Crippen molar-refractivity contribution in [3.8, 4) is 0 Å². The number of carbonyl (C=O) groups excluding carboxylic acids is 3. The molecule has 1 aromatic heterocycles. The molecule has 1 N–H and O–H groups in total. The van der Waals surface area contributed by atoms with E-state index in [1.807, 2.05) is 24.3 Å². The number of benzene rings is 2. The minimum Gasteiger partial charge on any atom is -0.468 e. The molecule has 1 fully saturated rings. The van der Waals surface area contributed by atoms with Gasteiger partial charge in [-0.3, -0.25) is 24.6 Å². The SMILES string of the molecule is COC(=O)Cn1cc(/C=C2\C(=O)NC(=S)N(c3cccc(Cl)c3Cl)C2=O)c2ccccc21. The predicted molar refractivity (Wildman–Crippen MR) is 127 cm³/mol. The first kappa shape index (κ1) is 22.0. The molecule has 162 valence electrons. The number of methoxy groups -OCH3 is 1. The molecule has 3 aromatic rings. The van der Waals surface area contributed by atoms with Gasteiger partial charge in [-0.1, -0.05) is 47.5 Å². The fourth-order valence-corrected chi connectivity index (χ4v) is 4.08. The number of thiocarbonyl (C=S) groups is 1. The molecule has 1 saturated heterocycles. The normalized spacial score (nSPS) is 15.4. The summed E-state index contributed by atoms with van der Waals surface area (Å²) in [5.74, 6) is -1.71. The largest absolute Gasteiger partial charge is 0.468 e. The Labute approximate surface area is 198 Å². The number of halogens is 2. The average molecular weight is 488 g/mol. The quantitative estimate of drug-likeness (QED) is 0.260. The number of para-hydroxylation sites is 1. The van der Waals surface area contributed by atoms with Crippen LogP contribution in [0.4, 0.5) is 5.69 Å². The maximum absolute atomic E-state index is 13.3. The van der Waals surface area contributed by atoms with Crippen molar-refractivity contribution in [3.05, 3.63) is 69.8 Å². The van der Waals surface area contributed by atoms with Gasteiger partial charge in [0.1, 0.15) is 12.1 Å². The van der Waals surface area contributed by atoms with Gasteiger partial charge >= 0.3 is 5.97 Å². The van der Waals surface area contributed by atoms with Gasteiger partial charge < -0.3 is 9.30 Å². The van der Waals surface area contributed by atoms with E-state index in [0.29, 0.717) is 5.56 Å². The lowest BCUT2D eigenvalue weighted by molar-refractivity contribution is -0.141. The van der Waals surface area contributed by atoms with Crippen LogP contribution in [0.5, 0.6) is 0 Å². The van der Waals surface area contributed by atoms with E-state index in [-0.39, 0.29) is 33.0 Å². The predicted octanol–water partition coefficient (Wildman–Crippen LogP) is 3.95. The Hall–Kier alpha value is -3.20. The lowest BCUT2D eigenvalue weighted by atomic mass is 10.1. The highest BCUT2D eigenvalue weighted by molar-refractivity contribution is 7.80. The molecule has 0 atom stereocenters. The highest BCUT2D eigenvalue weighted by Gasteiger charge is 2.36. The Balaban J connectivity index is 1.81. The standard InChI is InChI=1S/C22H15Cl2N3O4S/c1-31-18(28)11-26-10-12(13-5-2-3-7-16(13)26)9-14-20(29)25-22(32)27(21(14)30)17-8-4-6-15(23)19(17)24/h2-10H,11H2,1H3,(H,25,29,32)/b14-9+. The van der Waals surface area contributed by atoms with Gasteiger partial charge in [0.05, 0.1) is 22.8 Å². The van der Waals surface area contributed by atoms with Crippen LogP contribution >= 0.6 is 35.4 Å². The maximum atomic E-state index is 13.3. The van der Waals surface area contributed by atoms with Gasteiger partial charge in [0.2, 0.25) is 0 Å². The molecule has 2 aromatic carbocycles. The van der Waals surface area contributed by atoms with Crippen molar-refractivity contribution in [3.63, 3.8) is 0 Å². The van der Waals surface area contributed by atoms with E-state index < -0.39 is 17.8 Å². The summed E-state index contributed by atoms with van der Waals surface area (Å²) in [5, 5.41) is 3.55. The molecule has 1 aliphatic rings. The van der Waals surface area contributed by atoms with Gasteiger partial charge in [0.15, 0.2) is 5.11 Å². The van der Waals surface area contributed by atoms with E-state index in [1.54, 1.807) is 29.0 Å². The van der Waals surface area contributed by atoms with Crippen LogP contribution in [0.3, 0.4) is 0 Å². The molecule has 0 bridgehead atoms. The fourth-order valence-electron chi connectivity index (χ4n) is 3.42. The summed E-state index contributed by atoms with van der Waals surface area (Å²) in [4.78, 5) is 38.9. The summed E-state index contributed by atoms with van der Waals surface area (Å²) < 4.78 is 6.44. The second-order valence-corrected chi connectivity index (χ2v) is 8.01. The van der Waals surface area contributed by atoms with Crippen LogP contribution in [0.25, 0.3) is 17.0 Å². The van der Waals surface area contributed by atoms with E-state index in [0.717, 1.165) is 15.8 Å². The summed E-state index contributed by atoms with van der Waals surface area (Å²) in [6.07, 6.45) is 3.14. The maximum Gasteiger partial charge on any atom is 0.325 e. The minimum absolute atomic E-state index is 0.0192. The molecular formula is C22H15Cl2N3O4S. The fraction of sp³-hybridized carbons (Fsp3) is 0.0909. The van der Waals surface area contributed by atoms with Crippen molar-refractivity contribution >= 4 is 81.0 Å². The van der Waals surface area contributed by atoms with E-state index in [1.165, 1.54) is 13.2 Å². The molecule has 0 saturated carbocycles. The Kier molecular flexibility index (Phi) is 6.01. The van der Waals surface area contributed by atoms with Gasteiger partial charge in [-0.05, 0) is 36.5 Å². The average Bonchev–Trinajstić information content (AvgIpc) is 3.11. The Bertz CT molecular complexity index is 1330. The highest BCUT2D eigenvalue weighted by Crippen LogP contribution is 2.34. The first-order valence-electron chi connectivity index (χ1n) is 9.32. The van der Waals surface area contributed by atoms with Crippen LogP contribution in [0.2, 0.25) is 10.0 Å². The number of ether oxygens (including phenoxy) is 1. The first-order chi connectivity index (χ1) is 15.3. The zero-order valence-electron chi connectivity index (χ0n) is 16.6. The van der Waals surface area contributed by atoms with Crippen molar-refractivity contribution in [2.45, 2.75) is 6.54 Å². The van der Waals surface area contributed by atoms with Gasteiger partial charge in [-0.25, -0.2) is 0 Å². The zero-order chi connectivity index (χ0) is 23.0. The third-order valence-electron chi connectivity index (χ3n) is 4.92. The third-order valence-corrected chi connectivity index (χ3v) is 6.01. The number of rotatable bonds is 4. The van der Waals surface area contributed by atoms with E-state index in [9.17, 15) is 14.4 Å². The minimum atomic E-state index is -0.646. The van der Waals surface area contributed by atoms with Crippen LogP contribution in [-0.4, -0.2) is 34.6 Å². The number of esters is 1. The summed E-state index contributed by atoms with van der Waals surface area (Å²) in [5.41, 5.74) is 1.44. The number of amides is 2. The van der Waals surface area contributed by atoms with Gasteiger partial charge in [0, 0.05) is 22.7 Å². The summed E-state index contributed by atoms with van der Waals surface area (Å²) in [7, 11) is 1.31. The van der Waals surface area contributed by atoms with E-state index >= 15 is 0 Å². The highest BCUT2D eigenvalue weighted by atomic mass is 35.5. The third kappa shape index (κ3) is 3.88. The zero-order valence-corrected chi connectivity index (χ0v) is 18.9. The number of nitrogens with zero attached hydrogens (tertiary/aromatic N) is 2. The van der Waals surface area contributed by atoms with Gasteiger partial charge in [-0.2, -0.15) is 0 Å². The number of fused-ring (bicyclic) bond motifs is 1. The number of hydrogen-bond donors (Lipinski definition) is 1. The van der Waals surface area contributed by atoms with Crippen molar-refractivity contribution in [1.82, 2.24) is 9.88 Å². The number of carbonyl (C=O) groups is 3. The molecule has 2 amide bonds. The van der Waals surface area contributed by atoms with Crippen LogP contribution in [-0.2, 0) is 25.7 Å². The monoisotopic (exact) mass is 487 g/mol. The van der Waals surface area contributed by atoms with Crippen molar-refractivity contribution in [2.75, 3.05) is 12.0 Å². The summed E-state index contributed by atoms with van der Waals surface area (Å²) in [6.45, 7) is -0.0192. The molecule has 0 unspecified atom stereocenters. The molecular weight excluding hydrogens is 473 g/mol. The second kappa shape index (κ2) is 8.74. The molecule has 32 heavy (non-hydrogen) atoms. The number of anilines is 1. The molecule has 2 heterocycles. The summed E-state index contributed by atoms with van der Waals surface area (Å²) in [6, 6.07) is 12.1. The van der Waals surface area contributed by atoms with Crippen molar-refractivity contribution in [2.24, 2.45) is 0 Å².